The zero-order valence-electron chi connectivity index (χ0n) is 8.18. The summed E-state index contributed by atoms with van der Waals surface area (Å²) in [6, 6.07) is -0.200. The summed E-state index contributed by atoms with van der Waals surface area (Å²) in [6.45, 7) is 6.10. The Morgan fingerprint density at radius 2 is 2.00 bits per heavy atom. The second-order valence-corrected chi connectivity index (χ2v) is 2.90. The average molecular weight is 174 g/mol. The van der Waals surface area contributed by atoms with Crippen LogP contribution in [0.25, 0.3) is 0 Å². The third-order valence-electron chi connectivity index (χ3n) is 1.45. The van der Waals surface area contributed by atoms with Crippen LogP contribution < -0.4 is 10.6 Å². The number of hydrogen-bond acceptors (Lipinski definition) is 3. The zero-order valence-corrected chi connectivity index (χ0v) is 8.18. The molecule has 0 aliphatic heterocycles. The molecule has 0 rings (SSSR count). The third-order valence-corrected chi connectivity index (χ3v) is 1.45. The molecule has 0 aromatic heterocycles. The van der Waals surface area contributed by atoms with Gasteiger partial charge in [-0.3, -0.25) is 10.1 Å². The monoisotopic (exact) mass is 174 g/mol. The highest BCUT2D eigenvalue weighted by atomic mass is 16.5. The van der Waals surface area contributed by atoms with E-state index in [4.69, 9.17) is 4.74 Å². The Morgan fingerprint density at radius 1 is 1.42 bits per heavy atom. The van der Waals surface area contributed by atoms with Crippen molar-refractivity contribution < 1.29 is 9.53 Å². The van der Waals surface area contributed by atoms with Crippen LogP contribution in [0.1, 0.15) is 20.8 Å². The Hall–Kier alpha value is -0.610. The minimum atomic E-state index is -0.200. The van der Waals surface area contributed by atoms with E-state index in [9.17, 15) is 4.79 Å². The van der Waals surface area contributed by atoms with Gasteiger partial charge < -0.3 is 10.1 Å². The summed E-state index contributed by atoms with van der Waals surface area (Å²) in [6.07, 6.45) is 0.189. The summed E-state index contributed by atoms with van der Waals surface area (Å²) in [5.41, 5.74) is 0. The maximum absolute atomic E-state index is 11.0. The predicted octanol–water partition coefficient (Wildman–Crippen LogP) is 0.0930. The van der Waals surface area contributed by atoms with Crippen LogP contribution >= 0.6 is 0 Å². The average Bonchev–Trinajstić information content (AvgIpc) is 2.02. The van der Waals surface area contributed by atoms with E-state index in [1.54, 1.807) is 14.0 Å². The normalized spacial score (nSPS) is 13.1. The number of amides is 1. The molecule has 0 aliphatic carbocycles. The van der Waals surface area contributed by atoms with Crippen LogP contribution in [-0.4, -0.2) is 31.8 Å². The molecule has 12 heavy (non-hydrogen) atoms. The molecule has 1 atom stereocenters. The Kier molecular flexibility index (Phi) is 5.66. The molecule has 0 fully saturated rings. The van der Waals surface area contributed by atoms with Crippen molar-refractivity contribution in [3.05, 3.63) is 0 Å². The van der Waals surface area contributed by atoms with Gasteiger partial charge in [0, 0.05) is 7.05 Å². The first kappa shape index (κ1) is 11.4. The first-order chi connectivity index (χ1) is 5.57. The van der Waals surface area contributed by atoms with E-state index >= 15 is 0 Å². The highest BCUT2D eigenvalue weighted by Crippen LogP contribution is 1.86. The van der Waals surface area contributed by atoms with E-state index in [1.165, 1.54) is 0 Å². The standard InChI is InChI=1S/C8H18N2O2/c1-6(2)12-5-10-7(3)8(11)9-4/h6-7,10H,5H2,1-4H3,(H,9,11). The number of ether oxygens (including phenoxy) is 1. The number of hydrogen-bond donors (Lipinski definition) is 2. The molecule has 0 radical (unpaired) electrons. The van der Waals surface area contributed by atoms with E-state index in [-0.39, 0.29) is 18.1 Å². The summed E-state index contributed by atoms with van der Waals surface area (Å²) in [4.78, 5) is 11.0. The van der Waals surface area contributed by atoms with E-state index < -0.39 is 0 Å². The van der Waals surface area contributed by atoms with Crippen molar-refractivity contribution in [2.45, 2.75) is 32.9 Å². The summed E-state index contributed by atoms with van der Waals surface area (Å²) >= 11 is 0. The van der Waals surface area contributed by atoms with Crippen molar-refractivity contribution in [1.82, 2.24) is 10.6 Å². The van der Waals surface area contributed by atoms with Crippen molar-refractivity contribution in [3.8, 4) is 0 Å². The third kappa shape index (κ3) is 5.09. The van der Waals surface area contributed by atoms with Gasteiger partial charge in [-0.2, -0.15) is 0 Å². The van der Waals surface area contributed by atoms with E-state index in [1.807, 2.05) is 13.8 Å². The molecule has 1 amide bonds. The fraction of sp³-hybridized carbons (Fsp3) is 0.875. The molecule has 0 spiro atoms. The molecule has 4 heteroatoms. The fourth-order valence-electron chi connectivity index (χ4n) is 0.649. The minimum absolute atomic E-state index is 0.0256. The summed E-state index contributed by atoms with van der Waals surface area (Å²) in [5.74, 6) is -0.0256. The van der Waals surface area contributed by atoms with Gasteiger partial charge in [0.1, 0.15) is 0 Å². The highest BCUT2D eigenvalue weighted by Gasteiger charge is 2.08. The molecule has 0 saturated carbocycles. The SMILES string of the molecule is CNC(=O)C(C)NCOC(C)C. The molecular formula is C8H18N2O2. The van der Waals surface area contributed by atoms with E-state index in [0.717, 1.165) is 0 Å². The molecule has 0 heterocycles. The zero-order chi connectivity index (χ0) is 9.56. The Morgan fingerprint density at radius 3 is 2.42 bits per heavy atom. The number of likely N-dealkylation sites (N-methyl/N-ethyl adjacent to an activating group) is 1. The quantitative estimate of drug-likeness (QED) is 0.581. The van der Waals surface area contributed by atoms with E-state index in [2.05, 4.69) is 10.6 Å². The van der Waals surface area contributed by atoms with Gasteiger partial charge in [-0.25, -0.2) is 0 Å². The van der Waals surface area contributed by atoms with Gasteiger partial charge in [0.15, 0.2) is 0 Å². The van der Waals surface area contributed by atoms with Gasteiger partial charge in [0.05, 0.1) is 18.9 Å². The van der Waals surface area contributed by atoms with Crippen molar-refractivity contribution >= 4 is 5.91 Å². The maximum Gasteiger partial charge on any atom is 0.236 e. The predicted molar refractivity (Wildman–Crippen MR) is 47.8 cm³/mol. The second-order valence-electron chi connectivity index (χ2n) is 2.90. The molecule has 0 bridgehead atoms. The number of nitrogens with one attached hydrogen (secondary N) is 2. The Bertz CT molecular complexity index is 137. The largest absolute Gasteiger partial charge is 0.364 e. The molecule has 0 aromatic rings. The first-order valence-electron chi connectivity index (χ1n) is 4.14. The van der Waals surface area contributed by atoms with Gasteiger partial charge in [-0.1, -0.05) is 0 Å². The summed E-state index contributed by atoms with van der Waals surface area (Å²) in [7, 11) is 1.61. The lowest BCUT2D eigenvalue weighted by atomic mass is 10.3. The van der Waals surface area contributed by atoms with Crippen LogP contribution in [-0.2, 0) is 9.53 Å². The van der Waals surface area contributed by atoms with Gasteiger partial charge in [-0.05, 0) is 20.8 Å². The highest BCUT2D eigenvalue weighted by molar-refractivity contribution is 5.80. The Labute approximate surface area is 73.7 Å². The topological polar surface area (TPSA) is 50.4 Å². The maximum atomic E-state index is 11.0. The molecule has 1 unspecified atom stereocenters. The lowest BCUT2D eigenvalue weighted by molar-refractivity contribution is -0.122. The van der Waals surface area contributed by atoms with Crippen molar-refractivity contribution in [2.75, 3.05) is 13.8 Å². The molecule has 0 saturated heterocycles. The summed E-state index contributed by atoms with van der Waals surface area (Å²) in [5, 5.41) is 5.48. The number of rotatable bonds is 5. The lowest BCUT2D eigenvalue weighted by Gasteiger charge is -2.13. The van der Waals surface area contributed by atoms with Crippen LogP contribution in [0.2, 0.25) is 0 Å². The van der Waals surface area contributed by atoms with Crippen LogP contribution in [0.15, 0.2) is 0 Å². The molecule has 0 aliphatic rings. The van der Waals surface area contributed by atoms with Crippen LogP contribution in [0.4, 0.5) is 0 Å². The number of carbonyl (C=O) groups excluding carboxylic acids is 1. The minimum Gasteiger partial charge on any atom is -0.364 e. The van der Waals surface area contributed by atoms with Gasteiger partial charge in [-0.15, -0.1) is 0 Å². The second kappa shape index (κ2) is 5.97. The van der Waals surface area contributed by atoms with Crippen LogP contribution in [0, 0.1) is 0 Å². The first-order valence-corrected chi connectivity index (χ1v) is 4.14. The fourth-order valence-corrected chi connectivity index (χ4v) is 0.649. The van der Waals surface area contributed by atoms with Crippen molar-refractivity contribution in [2.24, 2.45) is 0 Å². The van der Waals surface area contributed by atoms with Gasteiger partial charge in [0.25, 0.3) is 0 Å². The van der Waals surface area contributed by atoms with Crippen molar-refractivity contribution in [3.63, 3.8) is 0 Å². The van der Waals surface area contributed by atoms with Crippen LogP contribution in [0.5, 0.6) is 0 Å². The smallest absolute Gasteiger partial charge is 0.236 e. The van der Waals surface area contributed by atoms with Crippen LogP contribution in [0.3, 0.4) is 0 Å². The summed E-state index contributed by atoms with van der Waals surface area (Å²) < 4.78 is 5.22. The molecule has 0 aromatic carbocycles. The Balaban J connectivity index is 3.43. The van der Waals surface area contributed by atoms with Gasteiger partial charge in [0.2, 0.25) is 5.91 Å². The van der Waals surface area contributed by atoms with Crippen molar-refractivity contribution in [1.29, 1.82) is 0 Å². The van der Waals surface area contributed by atoms with Gasteiger partial charge >= 0.3 is 0 Å². The molecule has 4 nitrogen and oxygen atoms in total. The molecule has 2 N–H and O–H groups in total. The molecular weight excluding hydrogens is 156 g/mol. The lowest BCUT2D eigenvalue weighted by Crippen LogP contribution is -2.41. The van der Waals surface area contributed by atoms with E-state index in [0.29, 0.717) is 6.73 Å². The molecule has 72 valence electrons. The number of carbonyl (C=O) groups is 1.